The first kappa shape index (κ1) is 17.5. The summed E-state index contributed by atoms with van der Waals surface area (Å²) < 4.78 is 10.5. The first-order chi connectivity index (χ1) is 10.0. The van der Waals surface area contributed by atoms with E-state index in [-0.39, 0.29) is 0 Å². The fraction of sp³-hybridized carbons (Fsp3) is 0.562. The van der Waals surface area contributed by atoms with Gasteiger partial charge in [0.05, 0.1) is 6.61 Å². The smallest absolute Gasteiger partial charge is 0.320 e. The number of carbonyl (C=O) groups is 1. The van der Waals surface area contributed by atoms with Gasteiger partial charge >= 0.3 is 5.97 Å². The highest BCUT2D eigenvalue weighted by Crippen LogP contribution is 2.14. The van der Waals surface area contributed by atoms with Gasteiger partial charge in [0.2, 0.25) is 0 Å². The Kier molecular flexibility index (Phi) is 7.79. The van der Waals surface area contributed by atoms with Crippen LogP contribution in [0.5, 0.6) is 5.75 Å². The summed E-state index contributed by atoms with van der Waals surface area (Å²) in [6.45, 7) is 5.57. The molecule has 118 valence electrons. The molecule has 0 unspecified atom stereocenters. The molecule has 0 spiro atoms. The Labute approximate surface area is 126 Å². The molecule has 1 aromatic carbocycles. The zero-order chi connectivity index (χ0) is 15.7. The third-order valence-corrected chi connectivity index (χ3v) is 3.01. The summed E-state index contributed by atoms with van der Waals surface area (Å²) in [6.07, 6.45) is 0.610. The van der Waals surface area contributed by atoms with E-state index in [4.69, 9.17) is 9.47 Å². The molecule has 2 N–H and O–H groups in total. The van der Waals surface area contributed by atoms with E-state index in [0.29, 0.717) is 32.1 Å². The number of hydrogen-bond donors (Lipinski definition) is 2. The molecule has 0 saturated carbocycles. The van der Waals surface area contributed by atoms with Gasteiger partial charge in [-0.1, -0.05) is 26.0 Å². The molecule has 0 bridgehead atoms. The molecule has 0 aliphatic heterocycles. The monoisotopic (exact) mass is 295 g/mol. The predicted molar refractivity (Wildman–Crippen MR) is 81.5 cm³/mol. The van der Waals surface area contributed by atoms with Crippen LogP contribution >= 0.6 is 0 Å². The van der Waals surface area contributed by atoms with Crippen molar-refractivity contribution in [2.24, 2.45) is 5.92 Å². The Morgan fingerprint density at radius 3 is 2.71 bits per heavy atom. The molecule has 0 amide bonds. The summed E-state index contributed by atoms with van der Waals surface area (Å²) in [4.78, 5) is 11.2. The number of ether oxygens (including phenoxy) is 2. The molecule has 0 heterocycles. The summed E-state index contributed by atoms with van der Waals surface area (Å²) in [5, 5.41) is 12.3. The molecular formula is C16H25NO4. The van der Waals surface area contributed by atoms with Crippen LogP contribution in [0.15, 0.2) is 24.3 Å². The van der Waals surface area contributed by atoms with E-state index in [0.717, 1.165) is 11.3 Å². The van der Waals surface area contributed by atoms with Crippen LogP contribution in [0.25, 0.3) is 0 Å². The second-order valence-electron chi connectivity index (χ2n) is 5.39. The predicted octanol–water partition coefficient (Wildman–Crippen LogP) is 2.30. The SMILES string of the molecule is COCCOc1cccc(CN[C@@H](CC(C)C)C(=O)O)c1. The molecule has 1 aromatic rings. The summed E-state index contributed by atoms with van der Waals surface area (Å²) in [7, 11) is 1.63. The van der Waals surface area contributed by atoms with Crippen LogP contribution in [0.1, 0.15) is 25.8 Å². The lowest BCUT2D eigenvalue weighted by Gasteiger charge is -2.16. The minimum atomic E-state index is -0.809. The van der Waals surface area contributed by atoms with Gasteiger partial charge in [-0.25, -0.2) is 0 Å². The molecule has 5 heteroatoms. The van der Waals surface area contributed by atoms with Crippen molar-refractivity contribution < 1.29 is 19.4 Å². The van der Waals surface area contributed by atoms with Gasteiger partial charge in [-0.15, -0.1) is 0 Å². The van der Waals surface area contributed by atoms with Crippen molar-refractivity contribution in [1.29, 1.82) is 0 Å². The molecule has 5 nitrogen and oxygen atoms in total. The average molecular weight is 295 g/mol. The quantitative estimate of drug-likeness (QED) is 0.648. The summed E-state index contributed by atoms with van der Waals surface area (Å²) in [5.74, 6) is 0.292. The zero-order valence-corrected chi connectivity index (χ0v) is 13.0. The Hall–Kier alpha value is -1.59. The second kappa shape index (κ2) is 9.37. The lowest BCUT2D eigenvalue weighted by atomic mass is 10.0. The van der Waals surface area contributed by atoms with Gasteiger partial charge in [-0.05, 0) is 30.0 Å². The van der Waals surface area contributed by atoms with Crippen LogP contribution in [-0.4, -0.2) is 37.4 Å². The molecule has 0 saturated heterocycles. The van der Waals surface area contributed by atoms with Crippen molar-refractivity contribution in [2.45, 2.75) is 32.9 Å². The van der Waals surface area contributed by atoms with Crippen molar-refractivity contribution in [1.82, 2.24) is 5.32 Å². The maximum Gasteiger partial charge on any atom is 0.320 e. The van der Waals surface area contributed by atoms with E-state index in [9.17, 15) is 9.90 Å². The van der Waals surface area contributed by atoms with Gasteiger partial charge in [0, 0.05) is 13.7 Å². The number of hydrogen-bond acceptors (Lipinski definition) is 4. The summed E-state index contributed by atoms with van der Waals surface area (Å²) in [6, 6.07) is 7.11. The molecule has 0 aliphatic carbocycles. The molecular weight excluding hydrogens is 270 g/mol. The highest BCUT2D eigenvalue weighted by atomic mass is 16.5. The Bertz CT molecular complexity index is 434. The minimum absolute atomic E-state index is 0.335. The van der Waals surface area contributed by atoms with Crippen molar-refractivity contribution in [2.75, 3.05) is 20.3 Å². The number of nitrogens with one attached hydrogen (secondary N) is 1. The van der Waals surface area contributed by atoms with Gasteiger partial charge in [0.25, 0.3) is 0 Å². The third kappa shape index (κ3) is 7.11. The van der Waals surface area contributed by atoms with Gasteiger partial charge in [0.1, 0.15) is 18.4 Å². The molecule has 1 atom stereocenters. The van der Waals surface area contributed by atoms with Crippen LogP contribution in [0.2, 0.25) is 0 Å². The molecule has 0 fully saturated rings. The Morgan fingerprint density at radius 2 is 2.10 bits per heavy atom. The normalized spacial score (nSPS) is 12.4. The molecule has 0 aliphatic rings. The maximum absolute atomic E-state index is 11.2. The van der Waals surface area contributed by atoms with Gasteiger partial charge in [-0.3, -0.25) is 4.79 Å². The van der Waals surface area contributed by atoms with Crippen LogP contribution < -0.4 is 10.1 Å². The number of aliphatic carboxylic acids is 1. The first-order valence-electron chi connectivity index (χ1n) is 7.19. The molecule has 0 aromatic heterocycles. The second-order valence-corrected chi connectivity index (χ2v) is 5.39. The lowest BCUT2D eigenvalue weighted by molar-refractivity contribution is -0.140. The highest BCUT2D eigenvalue weighted by Gasteiger charge is 2.17. The molecule has 21 heavy (non-hydrogen) atoms. The van der Waals surface area contributed by atoms with Crippen LogP contribution in [0.4, 0.5) is 0 Å². The Balaban J connectivity index is 2.53. The third-order valence-electron chi connectivity index (χ3n) is 3.01. The lowest BCUT2D eigenvalue weighted by Crippen LogP contribution is -2.37. The molecule has 1 rings (SSSR count). The average Bonchev–Trinajstić information content (AvgIpc) is 2.43. The van der Waals surface area contributed by atoms with E-state index >= 15 is 0 Å². The number of carboxylic acids is 1. The van der Waals surface area contributed by atoms with Crippen molar-refractivity contribution >= 4 is 5.97 Å². The van der Waals surface area contributed by atoms with E-state index in [1.54, 1.807) is 7.11 Å². The zero-order valence-electron chi connectivity index (χ0n) is 13.0. The fourth-order valence-electron chi connectivity index (χ4n) is 1.97. The van der Waals surface area contributed by atoms with E-state index in [1.807, 2.05) is 38.1 Å². The van der Waals surface area contributed by atoms with Gasteiger partial charge in [-0.2, -0.15) is 0 Å². The topological polar surface area (TPSA) is 67.8 Å². The standard InChI is InChI=1S/C16H25NO4/c1-12(2)9-15(16(18)19)17-11-13-5-4-6-14(10-13)21-8-7-20-3/h4-6,10,12,15,17H,7-9,11H2,1-3H3,(H,18,19)/t15-/m0/s1. The van der Waals surface area contributed by atoms with Crippen molar-refractivity contribution in [3.63, 3.8) is 0 Å². The number of benzene rings is 1. The van der Waals surface area contributed by atoms with Crippen molar-refractivity contribution in [3.05, 3.63) is 29.8 Å². The van der Waals surface area contributed by atoms with E-state index in [2.05, 4.69) is 5.32 Å². The largest absolute Gasteiger partial charge is 0.491 e. The van der Waals surface area contributed by atoms with Crippen LogP contribution in [-0.2, 0) is 16.1 Å². The van der Waals surface area contributed by atoms with E-state index < -0.39 is 12.0 Å². The summed E-state index contributed by atoms with van der Waals surface area (Å²) in [5.41, 5.74) is 1.000. The highest BCUT2D eigenvalue weighted by molar-refractivity contribution is 5.73. The van der Waals surface area contributed by atoms with Crippen LogP contribution in [0, 0.1) is 5.92 Å². The van der Waals surface area contributed by atoms with Crippen molar-refractivity contribution in [3.8, 4) is 5.75 Å². The fourth-order valence-corrected chi connectivity index (χ4v) is 1.97. The summed E-state index contributed by atoms with van der Waals surface area (Å²) >= 11 is 0. The minimum Gasteiger partial charge on any atom is -0.491 e. The number of methoxy groups -OCH3 is 1. The first-order valence-corrected chi connectivity index (χ1v) is 7.19. The van der Waals surface area contributed by atoms with Gasteiger partial charge in [0.15, 0.2) is 0 Å². The van der Waals surface area contributed by atoms with Gasteiger partial charge < -0.3 is 19.9 Å². The Morgan fingerprint density at radius 1 is 1.33 bits per heavy atom. The molecule has 0 radical (unpaired) electrons. The van der Waals surface area contributed by atoms with E-state index in [1.165, 1.54) is 0 Å². The number of rotatable bonds is 10. The van der Waals surface area contributed by atoms with Crippen LogP contribution in [0.3, 0.4) is 0 Å². The maximum atomic E-state index is 11.2. The number of carboxylic acid groups (broad SMARTS) is 1.